The van der Waals surface area contributed by atoms with E-state index in [1.54, 1.807) is 7.11 Å². The fourth-order valence-corrected chi connectivity index (χ4v) is 4.22. The van der Waals surface area contributed by atoms with Crippen LogP contribution in [0.2, 0.25) is 0 Å². The van der Waals surface area contributed by atoms with Gasteiger partial charge in [0, 0.05) is 39.8 Å². The lowest BCUT2D eigenvalue weighted by Crippen LogP contribution is -2.45. The lowest BCUT2D eigenvalue weighted by molar-refractivity contribution is 0.138. The molecule has 2 aliphatic rings. The van der Waals surface area contributed by atoms with Gasteiger partial charge in [0.15, 0.2) is 5.96 Å². The first-order valence-corrected chi connectivity index (χ1v) is 9.28. The van der Waals surface area contributed by atoms with Gasteiger partial charge < -0.3 is 15.4 Å². The first-order valence-electron chi connectivity index (χ1n) is 9.28. The summed E-state index contributed by atoms with van der Waals surface area (Å²) < 4.78 is 5.32. The van der Waals surface area contributed by atoms with Gasteiger partial charge in [-0.25, -0.2) is 0 Å². The number of guanidine groups is 1. The maximum absolute atomic E-state index is 5.32. The number of nitrogens with zero attached hydrogens (tertiary/aromatic N) is 1. The number of nitrogens with one attached hydrogen (secondary N) is 2. The van der Waals surface area contributed by atoms with Crippen LogP contribution in [0.1, 0.15) is 49.1 Å². The highest BCUT2D eigenvalue weighted by Gasteiger charge is 2.33. The molecule has 1 atom stereocenters. The number of rotatable bonds is 7. The third-order valence-corrected chi connectivity index (χ3v) is 5.83. The molecule has 0 amide bonds. The highest BCUT2D eigenvalue weighted by Crippen LogP contribution is 2.40. The Morgan fingerprint density at radius 1 is 1.24 bits per heavy atom. The van der Waals surface area contributed by atoms with Crippen LogP contribution in [0.3, 0.4) is 0 Å². The second-order valence-corrected chi connectivity index (χ2v) is 7.36. The molecule has 5 heteroatoms. The summed E-state index contributed by atoms with van der Waals surface area (Å²) in [5.74, 6) is 1.55. The Kier molecular flexibility index (Phi) is 8.00. The van der Waals surface area contributed by atoms with Crippen molar-refractivity contribution in [2.45, 2.75) is 44.4 Å². The summed E-state index contributed by atoms with van der Waals surface area (Å²) in [6.07, 6.45) is 7.61. The summed E-state index contributed by atoms with van der Waals surface area (Å²) in [5, 5.41) is 7.09. The minimum atomic E-state index is 0. The second kappa shape index (κ2) is 9.76. The van der Waals surface area contributed by atoms with E-state index in [4.69, 9.17) is 4.74 Å². The third kappa shape index (κ3) is 5.09. The molecule has 1 unspecified atom stereocenters. The summed E-state index contributed by atoms with van der Waals surface area (Å²) >= 11 is 0. The Labute approximate surface area is 169 Å². The van der Waals surface area contributed by atoms with Gasteiger partial charge in [0.05, 0.1) is 0 Å². The van der Waals surface area contributed by atoms with Gasteiger partial charge in [0.2, 0.25) is 0 Å². The molecule has 1 aromatic carbocycles. The molecule has 0 aliphatic heterocycles. The van der Waals surface area contributed by atoms with Crippen LogP contribution in [-0.4, -0.2) is 39.8 Å². The molecule has 2 N–H and O–H groups in total. The molecular formula is C20H32IN3O. The van der Waals surface area contributed by atoms with Crippen LogP contribution in [-0.2, 0) is 11.2 Å². The molecule has 4 nitrogen and oxygen atoms in total. The molecule has 25 heavy (non-hydrogen) atoms. The van der Waals surface area contributed by atoms with Crippen LogP contribution in [0.25, 0.3) is 0 Å². The van der Waals surface area contributed by atoms with Gasteiger partial charge in [0.25, 0.3) is 0 Å². The average molecular weight is 457 g/mol. The van der Waals surface area contributed by atoms with E-state index in [-0.39, 0.29) is 24.0 Å². The number of ether oxygens (including phenoxy) is 1. The zero-order valence-corrected chi connectivity index (χ0v) is 17.8. The normalized spacial score (nSPS) is 21.0. The van der Waals surface area contributed by atoms with Gasteiger partial charge in [-0.2, -0.15) is 0 Å². The molecule has 0 radical (unpaired) electrons. The molecule has 1 saturated carbocycles. The Morgan fingerprint density at radius 2 is 2.00 bits per heavy atom. The average Bonchev–Trinajstić information content (AvgIpc) is 3.06. The van der Waals surface area contributed by atoms with E-state index in [2.05, 4.69) is 39.9 Å². The minimum Gasteiger partial charge on any atom is -0.385 e. The first-order chi connectivity index (χ1) is 11.8. The molecule has 0 spiro atoms. The van der Waals surface area contributed by atoms with Gasteiger partial charge in [-0.05, 0) is 42.2 Å². The molecule has 0 saturated heterocycles. The topological polar surface area (TPSA) is 45.7 Å². The van der Waals surface area contributed by atoms with Crippen molar-refractivity contribution in [1.29, 1.82) is 0 Å². The molecule has 0 bridgehead atoms. The Balaban J connectivity index is 0.00000225. The van der Waals surface area contributed by atoms with Crippen LogP contribution in [0.4, 0.5) is 0 Å². The van der Waals surface area contributed by atoms with Gasteiger partial charge in [-0.1, -0.05) is 37.1 Å². The number of halogens is 1. The van der Waals surface area contributed by atoms with Crippen molar-refractivity contribution < 1.29 is 4.74 Å². The monoisotopic (exact) mass is 457 g/mol. The SMILES string of the molecule is CN=C(NCC1Cc2ccccc21)NCC1(CCOC)CCCC1.I. The maximum Gasteiger partial charge on any atom is 0.191 e. The molecule has 1 fully saturated rings. The van der Waals surface area contributed by atoms with E-state index >= 15 is 0 Å². The molecule has 1 aromatic rings. The first kappa shape index (κ1) is 20.5. The number of hydrogen-bond acceptors (Lipinski definition) is 2. The van der Waals surface area contributed by atoms with Crippen molar-refractivity contribution in [2.24, 2.45) is 10.4 Å². The Morgan fingerprint density at radius 3 is 2.68 bits per heavy atom. The zero-order chi connectivity index (χ0) is 16.8. The molecule has 0 aromatic heterocycles. The van der Waals surface area contributed by atoms with Crippen LogP contribution in [0.5, 0.6) is 0 Å². The second-order valence-electron chi connectivity index (χ2n) is 7.36. The van der Waals surface area contributed by atoms with Crippen LogP contribution in [0, 0.1) is 5.41 Å². The van der Waals surface area contributed by atoms with E-state index < -0.39 is 0 Å². The van der Waals surface area contributed by atoms with E-state index in [0.29, 0.717) is 11.3 Å². The van der Waals surface area contributed by atoms with Crippen molar-refractivity contribution in [3.63, 3.8) is 0 Å². The van der Waals surface area contributed by atoms with E-state index in [9.17, 15) is 0 Å². The lowest BCUT2D eigenvalue weighted by atomic mass is 9.78. The number of methoxy groups -OCH3 is 1. The van der Waals surface area contributed by atoms with Crippen LogP contribution in [0.15, 0.2) is 29.3 Å². The Bertz CT molecular complexity index is 570. The highest BCUT2D eigenvalue weighted by molar-refractivity contribution is 14.0. The number of fused-ring (bicyclic) bond motifs is 1. The summed E-state index contributed by atoms with van der Waals surface area (Å²) in [6.45, 7) is 2.81. The summed E-state index contributed by atoms with van der Waals surface area (Å²) in [4.78, 5) is 4.41. The third-order valence-electron chi connectivity index (χ3n) is 5.83. The van der Waals surface area contributed by atoms with Crippen LogP contribution >= 0.6 is 24.0 Å². The van der Waals surface area contributed by atoms with Crippen molar-refractivity contribution in [3.05, 3.63) is 35.4 Å². The summed E-state index contributed by atoms with van der Waals surface area (Å²) in [6, 6.07) is 8.75. The molecule has 0 heterocycles. The van der Waals surface area contributed by atoms with Crippen molar-refractivity contribution >= 4 is 29.9 Å². The molecular weight excluding hydrogens is 425 g/mol. The minimum absolute atomic E-state index is 0. The van der Waals surface area contributed by atoms with Crippen molar-refractivity contribution in [3.8, 4) is 0 Å². The summed E-state index contributed by atoms with van der Waals surface area (Å²) in [7, 11) is 3.66. The zero-order valence-electron chi connectivity index (χ0n) is 15.5. The Hall–Kier alpha value is -0.820. The summed E-state index contributed by atoms with van der Waals surface area (Å²) in [5.41, 5.74) is 3.38. The molecule has 2 aliphatic carbocycles. The quantitative estimate of drug-likeness (QED) is 0.373. The van der Waals surface area contributed by atoms with Crippen molar-refractivity contribution in [2.75, 3.05) is 33.9 Å². The van der Waals surface area contributed by atoms with E-state index in [0.717, 1.165) is 32.1 Å². The molecule has 3 rings (SSSR count). The maximum atomic E-state index is 5.32. The van der Waals surface area contributed by atoms with Gasteiger partial charge in [-0.3, -0.25) is 4.99 Å². The lowest BCUT2D eigenvalue weighted by Gasteiger charge is -2.32. The fourth-order valence-electron chi connectivity index (χ4n) is 4.22. The van der Waals surface area contributed by atoms with Crippen LogP contribution < -0.4 is 10.6 Å². The molecule has 140 valence electrons. The largest absolute Gasteiger partial charge is 0.385 e. The number of aliphatic imine (C=N–C) groups is 1. The fraction of sp³-hybridized carbons (Fsp3) is 0.650. The predicted molar refractivity (Wildman–Crippen MR) is 115 cm³/mol. The van der Waals surface area contributed by atoms with E-state index in [1.807, 2.05) is 7.05 Å². The van der Waals surface area contributed by atoms with Gasteiger partial charge in [-0.15, -0.1) is 24.0 Å². The number of hydrogen-bond donors (Lipinski definition) is 2. The predicted octanol–water partition coefficient (Wildman–Crippen LogP) is 3.71. The van der Waals surface area contributed by atoms with Crippen molar-refractivity contribution in [1.82, 2.24) is 10.6 Å². The smallest absolute Gasteiger partial charge is 0.191 e. The number of benzene rings is 1. The highest BCUT2D eigenvalue weighted by atomic mass is 127. The van der Waals surface area contributed by atoms with Gasteiger partial charge in [0.1, 0.15) is 0 Å². The standard InChI is InChI=1S/C20H31N3O.HI/c1-21-19(22-14-17-13-16-7-3-4-8-18(16)17)23-15-20(11-12-24-2)9-5-6-10-20;/h3-4,7-8,17H,5-6,9-15H2,1-2H3,(H2,21,22,23);1H. The van der Waals surface area contributed by atoms with E-state index in [1.165, 1.54) is 43.2 Å². The van der Waals surface area contributed by atoms with Gasteiger partial charge >= 0.3 is 0 Å².